The first-order valence-corrected chi connectivity index (χ1v) is 22.9. The van der Waals surface area contributed by atoms with Crippen molar-refractivity contribution in [1.82, 2.24) is 5.32 Å². The predicted octanol–water partition coefficient (Wildman–Crippen LogP) is 4.43. The highest BCUT2D eigenvalue weighted by atomic mass is 16.7. The van der Waals surface area contributed by atoms with E-state index in [2.05, 4.69) is 19.2 Å². The van der Waals surface area contributed by atoms with Crippen molar-refractivity contribution in [3.05, 3.63) is 12.2 Å². The lowest BCUT2D eigenvalue weighted by atomic mass is 9.97. The van der Waals surface area contributed by atoms with Gasteiger partial charge in [-0.1, -0.05) is 154 Å². The van der Waals surface area contributed by atoms with Crippen molar-refractivity contribution in [2.75, 3.05) is 19.8 Å². The van der Waals surface area contributed by atoms with Crippen LogP contribution in [0.25, 0.3) is 0 Å². The van der Waals surface area contributed by atoms with Crippen LogP contribution in [0, 0.1) is 0 Å². The minimum atomic E-state index is -1.78. The van der Waals surface area contributed by atoms with E-state index >= 15 is 0 Å². The van der Waals surface area contributed by atoms with Crippen molar-refractivity contribution >= 4 is 5.91 Å². The quantitative estimate of drug-likeness (QED) is 0.0324. The molecule has 2 aliphatic heterocycles. The van der Waals surface area contributed by atoms with Gasteiger partial charge in [0.05, 0.1) is 32.0 Å². The summed E-state index contributed by atoms with van der Waals surface area (Å²) in [6.45, 7) is 2.74. The number of hydrogen-bond acceptors (Lipinski definition) is 13. The molecule has 0 aromatic carbocycles. The van der Waals surface area contributed by atoms with E-state index < -0.39 is 86.8 Å². The highest BCUT2D eigenvalue weighted by molar-refractivity contribution is 5.76. The Morgan fingerprint density at radius 3 is 1.59 bits per heavy atom. The molecule has 0 saturated carbocycles. The fourth-order valence-corrected chi connectivity index (χ4v) is 7.64. The normalized spacial score (nSPS) is 28.9. The molecule has 2 aliphatic rings. The fourth-order valence-electron chi connectivity index (χ4n) is 7.64. The van der Waals surface area contributed by atoms with Crippen LogP contribution in [-0.4, -0.2) is 140 Å². The van der Waals surface area contributed by atoms with Crippen LogP contribution in [0.3, 0.4) is 0 Å². The van der Waals surface area contributed by atoms with Crippen LogP contribution < -0.4 is 5.32 Å². The minimum Gasteiger partial charge on any atom is -0.394 e. The van der Waals surface area contributed by atoms with Gasteiger partial charge < -0.3 is 65.1 Å². The fraction of sp³-hybridized carbons (Fsp3) is 0.932. The van der Waals surface area contributed by atoms with Gasteiger partial charge in [-0.05, 0) is 19.3 Å². The molecule has 0 radical (unpaired) electrons. The van der Waals surface area contributed by atoms with Gasteiger partial charge in [-0.25, -0.2) is 0 Å². The number of ether oxygens (including phenoxy) is 4. The average molecular weight is 834 g/mol. The van der Waals surface area contributed by atoms with Gasteiger partial charge in [0.2, 0.25) is 5.91 Å². The Bertz CT molecular complexity index is 1040. The number of aliphatic hydroxyl groups is 8. The second kappa shape index (κ2) is 32.4. The molecule has 0 aromatic heterocycles. The number of unbranched alkanes of at least 4 members (excludes halogenated alkanes) is 21. The Hall–Kier alpha value is -1.27. The molecule has 342 valence electrons. The van der Waals surface area contributed by atoms with E-state index in [-0.39, 0.29) is 18.9 Å². The smallest absolute Gasteiger partial charge is 0.220 e. The zero-order valence-corrected chi connectivity index (χ0v) is 35.8. The molecule has 58 heavy (non-hydrogen) atoms. The summed E-state index contributed by atoms with van der Waals surface area (Å²) in [5.41, 5.74) is 0. The van der Waals surface area contributed by atoms with Crippen molar-refractivity contribution in [2.24, 2.45) is 0 Å². The largest absolute Gasteiger partial charge is 0.394 e. The molecule has 2 heterocycles. The third-order valence-electron chi connectivity index (χ3n) is 11.5. The predicted molar refractivity (Wildman–Crippen MR) is 222 cm³/mol. The molecule has 1 amide bonds. The van der Waals surface area contributed by atoms with E-state index in [9.17, 15) is 45.6 Å². The van der Waals surface area contributed by atoms with Crippen molar-refractivity contribution in [3.8, 4) is 0 Å². The summed E-state index contributed by atoms with van der Waals surface area (Å²) in [5.74, 6) is -0.244. The first-order valence-electron chi connectivity index (χ1n) is 22.9. The summed E-state index contributed by atoms with van der Waals surface area (Å²) < 4.78 is 22.6. The number of allylic oxidation sites excluding steroid dienone is 1. The lowest BCUT2D eigenvalue weighted by Crippen LogP contribution is -2.65. The molecule has 0 aromatic rings. The van der Waals surface area contributed by atoms with Crippen LogP contribution in [0.4, 0.5) is 0 Å². The molecule has 2 fully saturated rings. The maximum absolute atomic E-state index is 13.0. The molecule has 14 heteroatoms. The lowest BCUT2D eigenvalue weighted by molar-refractivity contribution is -0.359. The molecule has 0 aliphatic carbocycles. The topological polar surface area (TPSA) is 228 Å². The highest BCUT2D eigenvalue weighted by Gasteiger charge is 2.50. The molecule has 0 spiro atoms. The summed E-state index contributed by atoms with van der Waals surface area (Å²) in [6, 6.07) is -0.905. The van der Waals surface area contributed by atoms with Crippen LogP contribution in [0.1, 0.15) is 168 Å². The van der Waals surface area contributed by atoms with Gasteiger partial charge in [-0.15, -0.1) is 0 Å². The standard InChI is InChI=1S/C44H83NO13/c1-3-5-7-9-11-13-14-15-16-17-18-20-21-23-25-27-33(48)32(45-36(49)28-26-24-22-19-12-10-8-6-4-2)31-55-43-41(54)39(52)42(35(30-47)57-43)58-44-40(53)38(51)37(50)34(29-46)56-44/h25,27,32-35,37-44,46-48,50-54H,3-24,26,28-31H2,1-2H3,(H,45,49)/b27-25+. The summed E-state index contributed by atoms with van der Waals surface area (Å²) in [7, 11) is 0. The van der Waals surface area contributed by atoms with Gasteiger partial charge in [0.15, 0.2) is 12.6 Å². The van der Waals surface area contributed by atoms with Crippen molar-refractivity contribution in [3.63, 3.8) is 0 Å². The van der Waals surface area contributed by atoms with E-state index in [1.165, 1.54) is 103 Å². The Morgan fingerprint density at radius 1 is 0.603 bits per heavy atom. The van der Waals surface area contributed by atoms with Gasteiger partial charge in [0.25, 0.3) is 0 Å². The number of aliphatic hydroxyl groups excluding tert-OH is 8. The van der Waals surface area contributed by atoms with Crippen LogP contribution in [0.2, 0.25) is 0 Å². The SMILES string of the molecule is CCCCCCCCCCCCCCC/C=C/C(O)C(COC1OC(CO)C(OC2OC(CO)C(O)C(O)C2O)C(O)C1O)NC(=O)CCCCCCCCCCC. The highest BCUT2D eigenvalue weighted by Crippen LogP contribution is 2.30. The summed E-state index contributed by atoms with van der Waals surface area (Å²) >= 11 is 0. The van der Waals surface area contributed by atoms with E-state index in [0.29, 0.717) is 6.42 Å². The zero-order valence-electron chi connectivity index (χ0n) is 35.8. The number of hydrogen-bond donors (Lipinski definition) is 9. The molecule has 12 atom stereocenters. The van der Waals surface area contributed by atoms with E-state index in [4.69, 9.17) is 18.9 Å². The number of amides is 1. The number of rotatable bonds is 34. The molecule has 14 nitrogen and oxygen atoms in total. The van der Waals surface area contributed by atoms with Crippen LogP contribution in [0.15, 0.2) is 12.2 Å². The first kappa shape index (κ1) is 52.9. The van der Waals surface area contributed by atoms with Crippen molar-refractivity contribution in [2.45, 2.75) is 242 Å². The van der Waals surface area contributed by atoms with E-state index in [1.54, 1.807) is 6.08 Å². The summed E-state index contributed by atoms with van der Waals surface area (Å²) in [6.07, 6.45) is 14.1. The third kappa shape index (κ3) is 20.5. The zero-order chi connectivity index (χ0) is 42.5. The number of carbonyl (C=O) groups is 1. The van der Waals surface area contributed by atoms with Gasteiger partial charge in [-0.2, -0.15) is 0 Å². The van der Waals surface area contributed by atoms with Gasteiger partial charge >= 0.3 is 0 Å². The Labute approximate surface area is 348 Å². The Morgan fingerprint density at radius 2 is 1.07 bits per heavy atom. The molecule has 0 bridgehead atoms. The third-order valence-corrected chi connectivity index (χ3v) is 11.5. The van der Waals surface area contributed by atoms with Gasteiger partial charge in [0, 0.05) is 6.42 Å². The monoisotopic (exact) mass is 834 g/mol. The van der Waals surface area contributed by atoms with E-state index in [0.717, 1.165) is 38.5 Å². The molecule has 12 unspecified atom stereocenters. The minimum absolute atomic E-state index is 0.244. The maximum Gasteiger partial charge on any atom is 0.220 e. The van der Waals surface area contributed by atoms with Gasteiger partial charge in [0.1, 0.15) is 48.8 Å². The Kier molecular flexibility index (Phi) is 29.6. The molecule has 9 N–H and O–H groups in total. The summed E-state index contributed by atoms with van der Waals surface area (Å²) in [5, 5.41) is 86.3. The average Bonchev–Trinajstić information content (AvgIpc) is 3.22. The number of nitrogens with one attached hydrogen (secondary N) is 1. The van der Waals surface area contributed by atoms with E-state index in [1.807, 2.05) is 6.08 Å². The second-order valence-electron chi connectivity index (χ2n) is 16.5. The lowest BCUT2D eigenvalue weighted by Gasteiger charge is -2.46. The molecule has 2 rings (SSSR count). The van der Waals surface area contributed by atoms with Gasteiger partial charge in [-0.3, -0.25) is 4.79 Å². The first-order chi connectivity index (χ1) is 28.1. The van der Waals surface area contributed by atoms with Crippen LogP contribution >= 0.6 is 0 Å². The molecular weight excluding hydrogens is 750 g/mol. The number of carbonyl (C=O) groups excluding carboxylic acids is 1. The van der Waals surface area contributed by atoms with Crippen LogP contribution in [0.5, 0.6) is 0 Å². The summed E-state index contributed by atoms with van der Waals surface area (Å²) in [4.78, 5) is 13.0. The van der Waals surface area contributed by atoms with Crippen LogP contribution in [-0.2, 0) is 23.7 Å². The molecular formula is C44H83NO13. The van der Waals surface area contributed by atoms with Crippen molar-refractivity contribution in [1.29, 1.82) is 0 Å². The maximum atomic E-state index is 13.0. The van der Waals surface area contributed by atoms with Crippen molar-refractivity contribution < 1.29 is 64.6 Å². The second-order valence-corrected chi connectivity index (χ2v) is 16.5. The Balaban J connectivity index is 1.90. The molecule has 2 saturated heterocycles.